The number of primary amides is 1. The van der Waals surface area contributed by atoms with E-state index in [4.69, 9.17) is 15.2 Å². The molecular weight excluding hydrogens is 342 g/mol. The highest BCUT2D eigenvalue weighted by Crippen LogP contribution is 2.28. The van der Waals surface area contributed by atoms with E-state index < -0.39 is 5.91 Å². The van der Waals surface area contributed by atoms with Gasteiger partial charge in [0, 0.05) is 30.1 Å². The highest BCUT2D eigenvalue weighted by atomic mass is 32.2. The summed E-state index contributed by atoms with van der Waals surface area (Å²) in [6.45, 7) is 0. The molecule has 0 aliphatic rings. The molecule has 2 heterocycles. The summed E-state index contributed by atoms with van der Waals surface area (Å²) in [5.41, 5.74) is 6.86. The number of aromatic nitrogens is 3. The van der Waals surface area contributed by atoms with E-state index >= 15 is 0 Å². The second-order valence-corrected chi connectivity index (χ2v) is 5.84. The van der Waals surface area contributed by atoms with Crippen LogP contribution in [0, 0.1) is 0 Å². The lowest BCUT2D eigenvalue weighted by atomic mass is 10.2. The summed E-state index contributed by atoms with van der Waals surface area (Å²) in [5.74, 6) is 1.26. The van der Waals surface area contributed by atoms with Gasteiger partial charge in [-0.3, -0.25) is 9.20 Å². The maximum absolute atomic E-state index is 11.6. The first-order valence-electron chi connectivity index (χ1n) is 7.27. The van der Waals surface area contributed by atoms with Crippen LogP contribution in [0.5, 0.6) is 11.5 Å². The number of hydrogen-bond acceptors (Lipinski definition) is 7. The number of thioether (sulfide) groups is 1. The summed E-state index contributed by atoms with van der Waals surface area (Å²) in [5, 5.41) is 3.88. The second-order valence-electron chi connectivity index (χ2n) is 5.07. The van der Waals surface area contributed by atoms with Gasteiger partial charge in [-0.1, -0.05) is 11.8 Å². The van der Waals surface area contributed by atoms with E-state index in [-0.39, 0.29) is 5.56 Å². The first kappa shape index (κ1) is 16.9. The molecule has 0 saturated heterocycles. The molecule has 25 heavy (non-hydrogen) atoms. The van der Waals surface area contributed by atoms with E-state index in [1.165, 1.54) is 18.0 Å². The lowest BCUT2D eigenvalue weighted by molar-refractivity contribution is 0.100. The Kier molecular flexibility index (Phi) is 4.66. The molecule has 1 aromatic carbocycles. The molecule has 9 heteroatoms. The first-order chi connectivity index (χ1) is 12.0. The highest BCUT2D eigenvalue weighted by molar-refractivity contribution is 7.98. The zero-order valence-electron chi connectivity index (χ0n) is 13.9. The van der Waals surface area contributed by atoms with Gasteiger partial charge < -0.3 is 20.5 Å². The van der Waals surface area contributed by atoms with Crippen LogP contribution in [0.3, 0.4) is 0 Å². The van der Waals surface area contributed by atoms with Crippen molar-refractivity contribution in [2.45, 2.75) is 5.16 Å². The highest BCUT2D eigenvalue weighted by Gasteiger charge is 2.15. The number of methoxy groups -OCH3 is 2. The summed E-state index contributed by atoms with van der Waals surface area (Å²) in [7, 11) is 3.16. The van der Waals surface area contributed by atoms with Crippen LogP contribution in [0.4, 0.5) is 11.5 Å². The van der Waals surface area contributed by atoms with Crippen molar-refractivity contribution < 1.29 is 14.3 Å². The number of nitrogens with zero attached hydrogens (tertiary/aromatic N) is 3. The molecule has 3 N–H and O–H groups in total. The quantitative estimate of drug-likeness (QED) is 0.514. The topological polar surface area (TPSA) is 104 Å². The average molecular weight is 359 g/mol. The summed E-state index contributed by atoms with van der Waals surface area (Å²) < 4.78 is 12.2. The van der Waals surface area contributed by atoms with Crippen molar-refractivity contribution in [1.29, 1.82) is 0 Å². The Balaban J connectivity index is 2.05. The largest absolute Gasteiger partial charge is 0.497 e. The third kappa shape index (κ3) is 3.31. The molecule has 0 fully saturated rings. The van der Waals surface area contributed by atoms with Crippen molar-refractivity contribution in [3.05, 3.63) is 36.2 Å². The van der Waals surface area contributed by atoms with Gasteiger partial charge in [0.25, 0.3) is 5.91 Å². The molecule has 0 radical (unpaired) electrons. The summed E-state index contributed by atoms with van der Waals surface area (Å²) in [4.78, 5) is 20.3. The number of carbonyl (C=O) groups is 1. The number of nitrogens with two attached hydrogens (primary N) is 1. The molecule has 3 rings (SSSR count). The monoisotopic (exact) mass is 359 g/mol. The standard InChI is InChI=1S/C16H17N5O3S/c1-23-10-4-9(5-11(6-10)24-2)19-13-8-21-15(20-13)12(14(17)22)7-18-16(21)25-3/h4-8,19H,1-3H3,(H2,17,22). The zero-order chi connectivity index (χ0) is 18.0. The lowest BCUT2D eigenvalue weighted by Crippen LogP contribution is -2.13. The number of rotatable bonds is 6. The number of ether oxygens (including phenoxy) is 2. The molecule has 0 spiro atoms. The van der Waals surface area contributed by atoms with Gasteiger partial charge in [-0.15, -0.1) is 0 Å². The lowest BCUT2D eigenvalue weighted by Gasteiger charge is -2.08. The van der Waals surface area contributed by atoms with Gasteiger partial charge >= 0.3 is 0 Å². The molecule has 1 amide bonds. The number of benzene rings is 1. The van der Waals surface area contributed by atoms with E-state index in [1.807, 2.05) is 18.4 Å². The van der Waals surface area contributed by atoms with Gasteiger partial charge in [0.15, 0.2) is 10.8 Å². The fourth-order valence-corrected chi connectivity index (χ4v) is 2.86. The van der Waals surface area contributed by atoms with Crippen LogP contribution in [-0.4, -0.2) is 40.8 Å². The predicted octanol–water partition coefficient (Wildman–Crippen LogP) is 2.31. The van der Waals surface area contributed by atoms with E-state index in [1.54, 1.807) is 30.9 Å². The summed E-state index contributed by atoms with van der Waals surface area (Å²) in [6, 6.07) is 5.40. The first-order valence-corrected chi connectivity index (χ1v) is 8.50. The minimum Gasteiger partial charge on any atom is -0.497 e. The number of hydrogen-bond donors (Lipinski definition) is 2. The molecule has 2 aromatic heterocycles. The van der Waals surface area contributed by atoms with Crippen LogP contribution in [0.2, 0.25) is 0 Å². The van der Waals surface area contributed by atoms with Crippen molar-refractivity contribution in [3.8, 4) is 11.5 Å². The van der Waals surface area contributed by atoms with Crippen molar-refractivity contribution >= 4 is 34.8 Å². The molecule has 0 bridgehead atoms. The van der Waals surface area contributed by atoms with E-state index in [0.29, 0.717) is 28.1 Å². The molecule has 8 nitrogen and oxygen atoms in total. The minimum absolute atomic E-state index is 0.258. The second kappa shape index (κ2) is 6.89. The van der Waals surface area contributed by atoms with E-state index in [9.17, 15) is 4.79 Å². The normalized spacial score (nSPS) is 10.7. The molecular formula is C16H17N5O3S. The third-order valence-corrected chi connectivity index (χ3v) is 4.20. The SMILES string of the molecule is COc1cc(Nc2cn3c(SC)ncc(C(N)=O)c3n2)cc(OC)c1. The number of amides is 1. The summed E-state index contributed by atoms with van der Waals surface area (Å²) >= 11 is 1.44. The van der Waals surface area contributed by atoms with Crippen molar-refractivity contribution in [1.82, 2.24) is 14.4 Å². The van der Waals surface area contributed by atoms with Crippen LogP contribution in [-0.2, 0) is 0 Å². The Labute approximate surface area is 148 Å². The number of nitrogens with one attached hydrogen (secondary N) is 1. The summed E-state index contributed by atoms with van der Waals surface area (Å²) in [6.07, 6.45) is 5.09. The van der Waals surface area contributed by atoms with Crippen LogP contribution in [0.15, 0.2) is 35.7 Å². The Hall–Kier alpha value is -2.94. The molecule has 130 valence electrons. The zero-order valence-corrected chi connectivity index (χ0v) is 14.8. The van der Waals surface area contributed by atoms with E-state index in [2.05, 4.69) is 15.3 Å². The van der Waals surface area contributed by atoms with Crippen molar-refractivity contribution in [2.24, 2.45) is 5.73 Å². The van der Waals surface area contributed by atoms with Crippen LogP contribution in [0.1, 0.15) is 10.4 Å². The van der Waals surface area contributed by atoms with Gasteiger partial charge in [0.1, 0.15) is 22.9 Å². The van der Waals surface area contributed by atoms with Gasteiger partial charge in [0.05, 0.1) is 20.4 Å². The molecule has 0 aliphatic carbocycles. The van der Waals surface area contributed by atoms with Crippen LogP contribution in [0.25, 0.3) is 5.65 Å². The van der Waals surface area contributed by atoms with Gasteiger partial charge in [-0.2, -0.15) is 0 Å². The smallest absolute Gasteiger partial charge is 0.254 e. The maximum atomic E-state index is 11.6. The van der Waals surface area contributed by atoms with Gasteiger partial charge in [0.2, 0.25) is 0 Å². The Morgan fingerprint density at radius 2 is 1.92 bits per heavy atom. The predicted molar refractivity (Wildman–Crippen MR) is 96.1 cm³/mol. The van der Waals surface area contributed by atoms with Gasteiger partial charge in [-0.25, -0.2) is 9.97 Å². The average Bonchev–Trinajstić information content (AvgIpc) is 3.03. The van der Waals surface area contributed by atoms with Crippen LogP contribution < -0.4 is 20.5 Å². The number of fused-ring (bicyclic) bond motifs is 1. The van der Waals surface area contributed by atoms with E-state index in [0.717, 1.165) is 5.69 Å². The Morgan fingerprint density at radius 3 is 2.48 bits per heavy atom. The number of imidazole rings is 1. The Morgan fingerprint density at radius 1 is 1.24 bits per heavy atom. The number of carbonyl (C=O) groups excluding carboxylic acids is 1. The molecule has 0 saturated carbocycles. The molecule has 0 aliphatic heterocycles. The van der Waals surface area contributed by atoms with Gasteiger partial charge in [-0.05, 0) is 6.26 Å². The number of anilines is 2. The fourth-order valence-electron chi connectivity index (χ4n) is 2.37. The van der Waals surface area contributed by atoms with Crippen molar-refractivity contribution in [2.75, 3.05) is 25.8 Å². The fraction of sp³-hybridized carbons (Fsp3) is 0.188. The Bertz CT molecular complexity index is 919. The van der Waals surface area contributed by atoms with Crippen LogP contribution >= 0.6 is 11.8 Å². The van der Waals surface area contributed by atoms with Crippen molar-refractivity contribution in [3.63, 3.8) is 0 Å². The molecule has 0 atom stereocenters. The minimum atomic E-state index is -0.578. The third-order valence-electron chi connectivity index (χ3n) is 3.53. The molecule has 3 aromatic rings. The maximum Gasteiger partial charge on any atom is 0.254 e. The molecule has 0 unspecified atom stereocenters.